The number of methoxy groups -OCH3 is 1. The Morgan fingerprint density at radius 1 is 1.00 bits per heavy atom. The Balaban J connectivity index is 2.96. The summed E-state index contributed by atoms with van der Waals surface area (Å²) in [6.07, 6.45) is 4.91. The highest BCUT2D eigenvalue weighted by Crippen LogP contribution is 2.02. The van der Waals surface area contributed by atoms with E-state index in [0.717, 1.165) is 13.0 Å². The summed E-state index contributed by atoms with van der Waals surface area (Å²) in [5.74, 6) is -0.348. The second-order valence-electron chi connectivity index (χ2n) is 3.34. The first-order valence-corrected chi connectivity index (χ1v) is 7.12. The van der Waals surface area contributed by atoms with Crippen molar-refractivity contribution in [3.05, 3.63) is 0 Å². The Labute approximate surface area is 111 Å². The van der Waals surface area contributed by atoms with Crippen molar-refractivity contribution in [2.24, 2.45) is 0 Å². The molecule has 0 bridgehead atoms. The molecule has 0 radical (unpaired) electrons. The number of hydrogen-bond acceptors (Lipinski definition) is 4. The fraction of sp³-hybridized carbons (Fsp3) is 0.909. The van der Waals surface area contributed by atoms with Crippen molar-refractivity contribution in [2.45, 2.75) is 25.7 Å². The van der Waals surface area contributed by atoms with E-state index in [1.807, 2.05) is 0 Å². The van der Waals surface area contributed by atoms with Crippen molar-refractivity contribution < 1.29 is 19.0 Å². The van der Waals surface area contributed by atoms with Gasteiger partial charge in [-0.15, -0.1) is 0 Å². The lowest BCUT2D eigenvalue weighted by Crippen LogP contribution is -2.13. The average molecular weight is 344 g/mol. The minimum Gasteiger partial charge on any atom is -0.467 e. The summed E-state index contributed by atoms with van der Waals surface area (Å²) in [4.78, 5) is 10.7. The van der Waals surface area contributed by atoms with Gasteiger partial charge in [0.2, 0.25) is 0 Å². The first-order valence-electron chi connectivity index (χ1n) is 5.59. The molecular weight excluding hydrogens is 323 g/mol. The zero-order valence-corrected chi connectivity index (χ0v) is 12.0. The lowest BCUT2D eigenvalue weighted by molar-refractivity contribution is -0.146. The summed E-state index contributed by atoms with van der Waals surface area (Å²) in [5.41, 5.74) is 0. The minimum absolute atomic E-state index is 0.00944. The molecule has 5 heteroatoms. The van der Waals surface area contributed by atoms with Crippen LogP contribution in [-0.4, -0.2) is 43.9 Å². The number of ether oxygens (including phenoxy) is 3. The van der Waals surface area contributed by atoms with E-state index in [2.05, 4.69) is 27.3 Å². The van der Waals surface area contributed by atoms with Crippen LogP contribution in [0.1, 0.15) is 25.7 Å². The largest absolute Gasteiger partial charge is 0.467 e. The van der Waals surface area contributed by atoms with E-state index < -0.39 is 0 Å². The predicted octanol–water partition coefficient (Wildman–Crippen LogP) is 2.19. The lowest BCUT2D eigenvalue weighted by Gasteiger charge is -2.04. The summed E-state index contributed by atoms with van der Waals surface area (Å²) >= 11 is 2.39. The number of halogens is 1. The van der Waals surface area contributed by atoms with Crippen molar-refractivity contribution in [1.29, 1.82) is 0 Å². The second kappa shape index (κ2) is 13.2. The average Bonchev–Trinajstić information content (AvgIpc) is 2.31. The van der Waals surface area contributed by atoms with E-state index in [-0.39, 0.29) is 12.6 Å². The van der Waals surface area contributed by atoms with Crippen LogP contribution in [0.4, 0.5) is 0 Å². The first-order chi connectivity index (χ1) is 7.81. The van der Waals surface area contributed by atoms with E-state index in [4.69, 9.17) is 9.47 Å². The molecule has 0 aromatic rings. The summed E-state index contributed by atoms with van der Waals surface area (Å²) < 4.78 is 16.0. The minimum atomic E-state index is -0.348. The molecule has 0 atom stereocenters. The van der Waals surface area contributed by atoms with Gasteiger partial charge in [-0.25, -0.2) is 4.79 Å². The van der Waals surface area contributed by atoms with Crippen molar-refractivity contribution >= 4 is 28.6 Å². The van der Waals surface area contributed by atoms with Crippen LogP contribution in [0, 0.1) is 0 Å². The van der Waals surface area contributed by atoms with Crippen molar-refractivity contribution in [2.75, 3.05) is 38.0 Å². The molecule has 4 nitrogen and oxygen atoms in total. The summed E-state index contributed by atoms with van der Waals surface area (Å²) in [6, 6.07) is 0. The maximum absolute atomic E-state index is 10.7. The van der Waals surface area contributed by atoms with Crippen LogP contribution in [0.5, 0.6) is 0 Å². The molecule has 0 fully saturated rings. The maximum Gasteiger partial charge on any atom is 0.331 e. The molecular formula is C11H21IO4. The van der Waals surface area contributed by atoms with Gasteiger partial charge in [-0.3, -0.25) is 0 Å². The SMILES string of the molecule is COC(=O)COCCOCCCCCCI. The Bertz CT molecular complexity index is 164. The Hall–Kier alpha value is 0.120. The van der Waals surface area contributed by atoms with E-state index in [1.54, 1.807) is 0 Å². The van der Waals surface area contributed by atoms with Crippen LogP contribution in [-0.2, 0) is 19.0 Å². The molecule has 0 heterocycles. The Morgan fingerprint density at radius 3 is 2.38 bits per heavy atom. The number of esters is 1. The lowest BCUT2D eigenvalue weighted by atomic mass is 10.2. The third-order valence-corrected chi connectivity index (χ3v) is 2.75. The summed E-state index contributed by atoms with van der Waals surface area (Å²) in [7, 11) is 1.35. The number of carbonyl (C=O) groups is 1. The number of carbonyl (C=O) groups excluding carboxylic acids is 1. The van der Waals surface area contributed by atoms with Gasteiger partial charge in [-0.1, -0.05) is 35.4 Å². The van der Waals surface area contributed by atoms with Gasteiger partial charge >= 0.3 is 5.97 Å². The maximum atomic E-state index is 10.7. The third kappa shape index (κ3) is 12.2. The highest BCUT2D eigenvalue weighted by molar-refractivity contribution is 14.1. The molecule has 0 saturated carbocycles. The van der Waals surface area contributed by atoms with Gasteiger partial charge in [-0.2, -0.15) is 0 Å². The van der Waals surface area contributed by atoms with E-state index in [0.29, 0.717) is 13.2 Å². The van der Waals surface area contributed by atoms with E-state index >= 15 is 0 Å². The zero-order chi connectivity index (χ0) is 12.1. The molecule has 0 spiro atoms. The highest BCUT2D eigenvalue weighted by Gasteiger charge is 1.98. The van der Waals surface area contributed by atoms with Crippen LogP contribution in [0.15, 0.2) is 0 Å². The van der Waals surface area contributed by atoms with Crippen molar-refractivity contribution in [3.63, 3.8) is 0 Å². The fourth-order valence-electron chi connectivity index (χ4n) is 1.09. The van der Waals surface area contributed by atoms with Crippen molar-refractivity contribution in [3.8, 4) is 0 Å². The highest BCUT2D eigenvalue weighted by atomic mass is 127. The second-order valence-corrected chi connectivity index (χ2v) is 4.42. The third-order valence-electron chi connectivity index (χ3n) is 1.99. The standard InChI is InChI=1S/C11H21IO4/c1-14-11(13)10-16-9-8-15-7-5-3-2-4-6-12/h2-10H2,1H3. The zero-order valence-electron chi connectivity index (χ0n) is 9.87. The molecule has 0 saturated heterocycles. The van der Waals surface area contributed by atoms with Gasteiger partial charge in [0.1, 0.15) is 6.61 Å². The summed E-state index contributed by atoms with van der Waals surface area (Å²) in [6.45, 7) is 1.78. The molecule has 0 aliphatic heterocycles. The number of alkyl halides is 1. The van der Waals surface area contributed by atoms with Crippen LogP contribution in [0.25, 0.3) is 0 Å². The summed E-state index contributed by atoms with van der Waals surface area (Å²) in [5, 5.41) is 0. The molecule has 0 aliphatic carbocycles. The molecule has 0 aromatic heterocycles. The predicted molar refractivity (Wildman–Crippen MR) is 71.0 cm³/mol. The molecule has 0 amide bonds. The number of hydrogen-bond donors (Lipinski definition) is 0. The van der Waals surface area contributed by atoms with Gasteiger partial charge in [0.25, 0.3) is 0 Å². The van der Waals surface area contributed by atoms with Gasteiger partial charge < -0.3 is 14.2 Å². The molecule has 0 rings (SSSR count). The number of unbranched alkanes of at least 4 members (excludes halogenated alkanes) is 3. The van der Waals surface area contributed by atoms with Gasteiger partial charge in [0.05, 0.1) is 20.3 Å². The number of rotatable bonds is 11. The molecule has 0 aromatic carbocycles. The molecule has 0 N–H and O–H groups in total. The Morgan fingerprint density at radius 2 is 1.69 bits per heavy atom. The quantitative estimate of drug-likeness (QED) is 0.249. The van der Waals surface area contributed by atoms with Crippen LogP contribution >= 0.6 is 22.6 Å². The smallest absolute Gasteiger partial charge is 0.331 e. The molecule has 0 unspecified atom stereocenters. The van der Waals surface area contributed by atoms with Crippen molar-refractivity contribution in [1.82, 2.24) is 0 Å². The van der Waals surface area contributed by atoms with Crippen LogP contribution < -0.4 is 0 Å². The molecule has 16 heavy (non-hydrogen) atoms. The normalized spacial score (nSPS) is 10.4. The monoisotopic (exact) mass is 344 g/mol. The topological polar surface area (TPSA) is 44.8 Å². The molecule has 96 valence electrons. The van der Waals surface area contributed by atoms with E-state index in [9.17, 15) is 4.79 Å². The molecule has 0 aliphatic rings. The van der Waals surface area contributed by atoms with Gasteiger partial charge in [0, 0.05) is 6.61 Å². The van der Waals surface area contributed by atoms with Crippen LogP contribution in [0.2, 0.25) is 0 Å². The van der Waals surface area contributed by atoms with Crippen LogP contribution in [0.3, 0.4) is 0 Å². The van der Waals surface area contributed by atoms with Gasteiger partial charge in [0.15, 0.2) is 0 Å². The van der Waals surface area contributed by atoms with E-state index in [1.165, 1.54) is 30.8 Å². The first kappa shape index (κ1) is 16.1. The Kier molecular flexibility index (Phi) is 13.3. The van der Waals surface area contributed by atoms with Gasteiger partial charge in [-0.05, 0) is 17.3 Å². The fourth-order valence-corrected chi connectivity index (χ4v) is 1.63.